The summed E-state index contributed by atoms with van der Waals surface area (Å²) in [6.45, 7) is 1.50. The van der Waals surface area contributed by atoms with Crippen LogP contribution in [0.5, 0.6) is 0 Å². The highest BCUT2D eigenvalue weighted by molar-refractivity contribution is 7.85. The number of Topliss-reactive ketones (excluding diaryl/α,β-unsaturated/α-hetero) is 1. The fraction of sp³-hybridized carbons (Fsp3) is 0.348. The minimum Gasteiger partial charge on any atom is -0.294 e. The van der Waals surface area contributed by atoms with Crippen molar-refractivity contribution in [1.82, 2.24) is 0 Å². The Morgan fingerprint density at radius 2 is 1.60 bits per heavy atom. The molecule has 2 rings (SSSR count). The monoisotopic (exact) mass is 578 g/mol. The molecule has 0 heterocycles. The van der Waals surface area contributed by atoms with Crippen molar-refractivity contribution in [3.05, 3.63) is 74.2 Å². The van der Waals surface area contributed by atoms with Crippen LogP contribution in [0.25, 0.3) is 6.08 Å². The summed E-state index contributed by atoms with van der Waals surface area (Å²) in [4.78, 5) is 12.5. The van der Waals surface area contributed by atoms with Gasteiger partial charge in [-0.2, -0.15) is 26.3 Å². The fourth-order valence-electron chi connectivity index (χ4n) is 3.28. The topological polar surface area (TPSA) is 34.1 Å². The molecule has 12 heteroatoms. The van der Waals surface area contributed by atoms with E-state index in [0.717, 1.165) is 18.2 Å². The van der Waals surface area contributed by atoms with Gasteiger partial charge >= 0.3 is 12.4 Å². The Balaban J connectivity index is 2.15. The van der Waals surface area contributed by atoms with E-state index in [-0.39, 0.29) is 43.9 Å². The molecule has 0 aliphatic carbocycles. The van der Waals surface area contributed by atoms with E-state index in [2.05, 4.69) is 0 Å². The van der Waals surface area contributed by atoms with Crippen LogP contribution in [0.3, 0.4) is 0 Å². The Kier molecular flexibility index (Phi) is 10.3. The van der Waals surface area contributed by atoms with Crippen molar-refractivity contribution >= 4 is 57.5 Å². The quantitative estimate of drug-likeness (QED) is 0.220. The maximum absolute atomic E-state index is 13.6. The predicted octanol–water partition coefficient (Wildman–Crippen LogP) is 8.53. The Bertz CT molecular complexity index is 1100. The molecule has 35 heavy (non-hydrogen) atoms. The first-order valence-electron chi connectivity index (χ1n) is 10.0. The molecule has 0 aliphatic heterocycles. The fourth-order valence-corrected chi connectivity index (χ4v) is 5.35. The average Bonchev–Trinajstić information content (AvgIpc) is 2.64. The summed E-state index contributed by atoms with van der Waals surface area (Å²) >= 11 is 17.8. The molecule has 0 radical (unpaired) electrons. The molecule has 0 aromatic heterocycles. The van der Waals surface area contributed by atoms with Gasteiger partial charge in [0.15, 0.2) is 5.78 Å². The van der Waals surface area contributed by atoms with Crippen LogP contribution in [-0.2, 0) is 10.8 Å². The Morgan fingerprint density at radius 3 is 2.11 bits per heavy atom. The lowest BCUT2D eigenvalue weighted by Gasteiger charge is -2.18. The Morgan fingerprint density at radius 1 is 1.00 bits per heavy atom. The molecule has 2 unspecified atom stereocenters. The molecule has 192 valence electrons. The van der Waals surface area contributed by atoms with Gasteiger partial charge in [0.25, 0.3) is 0 Å². The lowest BCUT2D eigenvalue weighted by atomic mass is 9.96. The number of alkyl halides is 6. The molecule has 0 saturated carbocycles. The minimum atomic E-state index is -4.63. The zero-order valence-corrected chi connectivity index (χ0v) is 21.1. The van der Waals surface area contributed by atoms with Crippen LogP contribution in [0.2, 0.25) is 15.1 Å². The SMILES string of the molecule is C[C@@H](CC(=O)c1ccc(/C=C/C(c2cc(Cl)cc(Cl)c2)C(F)(F)F)cc1Cl)CS(=O)CC(F)(F)F. The van der Waals surface area contributed by atoms with Crippen molar-refractivity contribution in [2.24, 2.45) is 5.92 Å². The van der Waals surface area contributed by atoms with Gasteiger partial charge in [0, 0.05) is 38.6 Å². The third-order valence-corrected chi connectivity index (χ3v) is 7.04. The van der Waals surface area contributed by atoms with Crippen LogP contribution in [0.4, 0.5) is 26.3 Å². The van der Waals surface area contributed by atoms with Crippen LogP contribution in [0.15, 0.2) is 42.5 Å². The van der Waals surface area contributed by atoms with E-state index >= 15 is 0 Å². The number of benzene rings is 2. The minimum absolute atomic E-state index is 0.0323. The van der Waals surface area contributed by atoms with Gasteiger partial charge in [-0.3, -0.25) is 9.00 Å². The van der Waals surface area contributed by atoms with Gasteiger partial charge in [-0.15, -0.1) is 0 Å². The van der Waals surface area contributed by atoms with Gasteiger partial charge in [0.1, 0.15) is 5.75 Å². The third-order valence-electron chi connectivity index (χ3n) is 4.70. The summed E-state index contributed by atoms with van der Waals surface area (Å²) in [7, 11) is -2.16. The van der Waals surface area contributed by atoms with Crippen molar-refractivity contribution < 1.29 is 35.3 Å². The molecule has 3 atom stereocenters. The zero-order valence-electron chi connectivity index (χ0n) is 18.0. The number of allylic oxidation sites excluding steroid dienone is 1. The van der Waals surface area contributed by atoms with E-state index in [1.165, 1.54) is 37.3 Å². The van der Waals surface area contributed by atoms with E-state index in [1.807, 2.05) is 0 Å². The summed E-state index contributed by atoms with van der Waals surface area (Å²) in [5, 5.41) is 0.0742. The molecule has 0 fully saturated rings. The number of hydrogen-bond donors (Lipinski definition) is 0. The van der Waals surface area contributed by atoms with Crippen LogP contribution in [0.1, 0.15) is 40.7 Å². The van der Waals surface area contributed by atoms with Crippen molar-refractivity contribution in [3.63, 3.8) is 0 Å². The van der Waals surface area contributed by atoms with E-state index in [0.29, 0.717) is 0 Å². The van der Waals surface area contributed by atoms with Gasteiger partial charge in [0.2, 0.25) is 0 Å². The van der Waals surface area contributed by atoms with Gasteiger partial charge in [-0.1, -0.05) is 59.9 Å². The summed E-state index contributed by atoms with van der Waals surface area (Å²) < 4.78 is 89.5. The summed E-state index contributed by atoms with van der Waals surface area (Å²) in [6, 6.07) is 7.65. The highest BCUT2D eigenvalue weighted by atomic mass is 35.5. The van der Waals surface area contributed by atoms with Crippen molar-refractivity contribution in [2.75, 3.05) is 11.5 Å². The third kappa shape index (κ3) is 9.79. The number of hydrogen-bond acceptors (Lipinski definition) is 2. The second-order valence-electron chi connectivity index (χ2n) is 7.92. The van der Waals surface area contributed by atoms with Crippen molar-refractivity contribution in [1.29, 1.82) is 0 Å². The molecule has 0 amide bonds. The van der Waals surface area contributed by atoms with Crippen molar-refractivity contribution in [3.8, 4) is 0 Å². The Hall–Kier alpha value is -1.55. The predicted molar refractivity (Wildman–Crippen MR) is 128 cm³/mol. The summed E-state index contributed by atoms with van der Waals surface area (Å²) in [6.07, 6.45) is -7.29. The summed E-state index contributed by atoms with van der Waals surface area (Å²) in [5.74, 6) is -4.84. The lowest BCUT2D eigenvalue weighted by Crippen LogP contribution is -2.23. The smallest absolute Gasteiger partial charge is 0.294 e. The second-order valence-corrected chi connectivity index (χ2v) is 10.7. The number of ketones is 1. The maximum atomic E-state index is 13.6. The van der Waals surface area contributed by atoms with E-state index in [9.17, 15) is 35.3 Å². The van der Waals surface area contributed by atoms with E-state index < -0.39 is 46.5 Å². The molecule has 2 nitrogen and oxygen atoms in total. The number of rotatable bonds is 9. The molecule has 0 bridgehead atoms. The van der Waals surface area contributed by atoms with E-state index in [1.54, 1.807) is 0 Å². The zero-order chi connectivity index (χ0) is 26.6. The number of carbonyl (C=O) groups excluding carboxylic acids is 1. The molecular weight excluding hydrogens is 561 g/mol. The molecule has 0 spiro atoms. The van der Waals surface area contributed by atoms with Gasteiger partial charge in [-0.05, 0) is 47.4 Å². The normalized spacial score (nSPS) is 15.3. The Labute approximate surface area is 215 Å². The summed E-state index contributed by atoms with van der Waals surface area (Å²) in [5.41, 5.74) is 0.195. The largest absolute Gasteiger partial charge is 0.400 e. The molecule has 2 aromatic carbocycles. The first-order chi connectivity index (χ1) is 16.0. The van der Waals surface area contributed by atoms with Crippen molar-refractivity contribution in [2.45, 2.75) is 31.6 Å². The van der Waals surface area contributed by atoms with Gasteiger partial charge in [0.05, 0.1) is 10.9 Å². The highest BCUT2D eigenvalue weighted by Gasteiger charge is 2.39. The van der Waals surface area contributed by atoms with Crippen LogP contribution in [-0.4, -0.2) is 33.9 Å². The van der Waals surface area contributed by atoms with Gasteiger partial charge in [-0.25, -0.2) is 0 Å². The average molecular weight is 580 g/mol. The van der Waals surface area contributed by atoms with Crippen LogP contribution < -0.4 is 0 Å². The molecule has 0 aliphatic rings. The van der Waals surface area contributed by atoms with Crippen LogP contribution >= 0.6 is 34.8 Å². The lowest BCUT2D eigenvalue weighted by molar-refractivity contribution is -0.139. The standard InChI is InChI=1S/C23H19Cl3F6O2S/c1-13(11-35(34)12-22(27,28)29)6-21(33)18-4-2-14(7-20(18)26)3-5-19(23(30,31)32)15-8-16(24)10-17(25)9-15/h2-5,7-10,13,19H,6,11-12H2,1H3/b5-3+/t13-,19?,35?/m0/s1. The first kappa shape index (κ1) is 29.7. The molecule has 2 aromatic rings. The molecule has 0 N–H and O–H groups in total. The maximum Gasteiger partial charge on any atom is 0.400 e. The first-order valence-corrected chi connectivity index (χ1v) is 12.6. The van der Waals surface area contributed by atoms with Gasteiger partial charge < -0.3 is 0 Å². The van der Waals surface area contributed by atoms with E-state index in [4.69, 9.17) is 34.8 Å². The molecule has 0 saturated heterocycles. The van der Waals surface area contributed by atoms with Crippen LogP contribution in [0, 0.1) is 5.92 Å². The molecular formula is C23H19Cl3F6O2S. The highest BCUT2D eigenvalue weighted by Crippen LogP contribution is 2.38. The number of carbonyl (C=O) groups is 1. The second kappa shape index (κ2) is 12.1. The number of halogens is 9.